The monoisotopic (exact) mass is 228 g/mol. The summed E-state index contributed by atoms with van der Waals surface area (Å²) in [5.41, 5.74) is 0. The lowest BCUT2D eigenvalue weighted by Crippen LogP contribution is -2.08. The normalized spacial score (nSPS) is 10.2. The first kappa shape index (κ1) is 12.6. The van der Waals surface area contributed by atoms with Gasteiger partial charge in [0.05, 0.1) is 6.20 Å². The van der Waals surface area contributed by atoms with Gasteiger partial charge in [-0.25, -0.2) is 9.37 Å². The topological polar surface area (TPSA) is 70.1 Å². The summed E-state index contributed by atoms with van der Waals surface area (Å²) in [7, 11) is 1.68. The third-order valence-electron chi connectivity index (χ3n) is 2.10. The maximum atomic E-state index is 13.2. The van der Waals surface area contributed by atoms with Gasteiger partial charge in [0.2, 0.25) is 5.95 Å². The van der Waals surface area contributed by atoms with Crippen molar-refractivity contribution in [2.24, 2.45) is 0 Å². The van der Waals surface area contributed by atoms with Crippen molar-refractivity contribution in [3.05, 3.63) is 12.0 Å². The third kappa shape index (κ3) is 3.98. The molecule has 0 atom stereocenters. The van der Waals surface area contributed by atoms with Gasteiger partial charge in [0.1, 0.15) is 0 Å². The summed E-state index contributed by atoms with van der Waals surface area (Å²) in [4.78, 5) is 7.70. The van der Waals surface area contributed by atoms with Gasteiger partial charge in [-0.05, 0) is 19.3 Å². The van der Waals surface area contributed by atoms with E-state index in [9.17, 15) is 4.39 Å². The van der Waals surface area contributed by atoms with Crippen molar-refractivity contribution in [3.8, 4) is 0 Å². The molecule has 0 aliphatic heterocycles. The SMILES string of the molecule is CNc1ncc(F)c(NCCCCCO)n1. The van der Waals surface area contributed by atoms with Crippen LogP contribution < -0.4 is 10.6 Å². The van der Waals surface area contributed by atoms with Crippen LogP contribution >= 0.6 is 0 Å². The van der Waals surface area contributed by atoms with E-state index in [1.807, 2.05) is 0 Å². The molecule has 1 rings (SSSR count). The van der Waals surface area contributed by atoms with Crippen molar-refractivity contribution in [1.82, 2.24) is 9.97 Å². The smallest absolute Gasteiger partial charge is 0.224 e. The van der Waals surface area contributed by atoms with Gasteiger partial charge in [-0.3, -0.25) is 0 Å². The molecule has 1 heterocycles. The number of halogens is 1. The predicted molar refractivity (Wildman–Crippen MR) is 61.0 cm³/mol. The van der Waals surface area contributed by atoms with E-state index in [0.717, 1.165) is 25.5 Å². The number of hydrogen-bond acceptors (Lipinski definition) is 5. The first-order valence-electron chi connectivity index (χ1n) is 5.33. The van der Waals surface area contributed by atoms with E-state index in [1.165, 1.54) is 0 Å². The zero-order valence-corrected chi connectivity index (χ0v) is 9.33. The molecular weight excluding hydrogens is 211 g/mol. The minimum Gasteiger partial charge on any atom is -0.396 e. The predicted octanol–water partition coefficient (Wildman–Crippen LogP) is 1.23. The van der Waals surface area contributed by atoms with Crippen molar-refractivity contribution in [2.75, 3.05) is 30.8 Å². The number of nitrogens with one attached hydrogen (secondary N) is 2. The fourth-order valence-electron chi connectivity index (χ4n) is 1.23. The molecule has 6 heteroatoms. The second-order valence-electron chi connectivity index (χ2n) is 3.35. The number of aliphatic hydroxyl groups is 1. The highest BCUT2D eigenvalue weighted by atomic mass is 19.1. The lowest BCUT2D eigenvalue weighted by atomic mass is 10.2. The molecule has 0 fully saturated rings. The minimum absolute atomic E-state index is 0.200. The largest absolute Gasteiger partial charge is 0.396 e. The molecule has 0 unspecified atom stereocenters. The van der Waals surface area contributed by atoms with Gasteiger partial charge < -0.3 is 15.7 Å². The molecule has 5 nitrogen and oxygen atoms in total. The molecule has 0 bridgehead atoms. The van der Waals surface area contributed by atoms with E-state index in [2.05, 4.69) is 20.6 Å². The molecule has 0 amide bonds. The van der Waals surface area contributed by atoms with Crippen LogP contribution in [0.3, 0.4) is 0 Å². The second kappa shape index (κ2) is 6.95. The van der Waals surface area contributed by atoms with E-state index in [4.69, 9.17) is 5.11 Å². The Labute approximate surface area is 94.1 Å². The van der Waals surface area contributed by atoms with Gasteiger partial charge >= 0.3 is 0 Å². The average molecular weight is 228 g/mol. The number of aromatic nitrogens is 2. The zero-order chi connectivity index (χ0) is 11.8. The molecule has 3 N–H and O–H groups in total. The number of rotatable bonds is 7. The number of nitrogens with zero attached hydrogens (tertiary/aromatic N) is 2. The van der Waals surface area contributed by atoms with Crippen LogP contribution in [0.1, 0.15) is 19.3 Å². The second-order valence-corrected chi connectivity index (χ2v) is 3.35. The molecule has 1 aromatic rings. The standard InChI is InChI=1S/C10H17FN4O/c1-12-10-14-7-8(11)9(15-10)13-5-3-2-4-6-16/h7,16H,2-6H2,1H3,(H2,12,13,14,15). The molecule has 0 spiro atoms. The summed E-state index contributed by atoms with van der Waals surface area (Å²) in [6.45, 7) is 0.836. The Morgan fingerprint density at radius 3 is 2.88 bits per heavy atom. The Morgan fingerprint density at radius 2 is 2.19 bits per heavy atom. The summed E-state index contributed by atoms with van der Waals surface area (Å²) in [6.07, 6.45) is 3.69. The van der Waals surface area contributed by atoms with Crippen LogP contribution in [0.15, 0.2) is 6.20 Å². The van der Waals surface area contributed by atoms with Gasteiger partial charge in [-0.15, -0.1) is 0 Å². The van der Waals surface area contributed by atoms with Crippen molar-refractivity contribution in [3.63, 3.8) is 0 Å². The summed E-state index contributed by atoms with van der Waals surface area (Å²) in [5, 5.41) is 14.2. The van der Waals surface area contributed by atoms with Crippen molar-refractivity contribution >= 4 is 11.8 Å². The molecule has 1 aromatic heterocycles. The Morgan fingerprint density at radius 1 is 1.38 bits per heavy atom. The van der Waals surface area contributed by atoms with Gasteiger partial charge in [-0.2, -0.15) is 4.98 Å². The van der Waals surface area contributed by atoms with Crippen LogP contribution in [0.25, 0.3) is 0 Å². The van der Waals surface area contributed by atoms with E-state index in [0.29, 0.717) is 12.5 Å². The van der Waals surface area contributed by atoms with Crippen LogP contribution in [0.4, 0.5) is 16.2 Å². The van der Waals surface area contributed by atoms with Gasteiger partial charge in [0, 0.05) is 20.2 Å². The lowest BCUT2D eigenvalue weighted by Gasteiger charge is -2.07. The quantitative estimate of drug-likeness (QED) is 0.612. The highest BCUT2D eigenvalue weighted by Gasteiger charge is 2.04. The Bertz CT molecular complexity index is 322. The third-order valence-corrected chi connectivity index (χ3v) is 2.10. The van der Waals surface area contributed by atoms with Crippen LogP contribution in [0.2, 0.25) is 0 Å². The maximum Gasteiger partial charge on any atom is 0.224 e. The molecule has 16 heavy (non-hydrogen) atoms. The molecular formula is C10H17FN4O. The number of aliphatic hydroxyl groups excluding tert-OH is 1. The van der Waals surface area contributed by atoms with E-state index < -0.39 is 5.82 Å². The van der Waals surface area contributed by atoms with Crippen molar-refractivity contribution in [2.45, 2.75) is 19.3 Å². The first-order valence-corrected chi connectivity index (χ1v) is 5.33. The molecule has 0 aliphatic carbocycles. The average Bonchev–Trinajstić information content (AvgIpc) is 2.31. The van der Waals surface area contributed by atoms with Gasteiger partial charge in [0.15, 0.2) is 11.6 Å². The fourth-order valence-corrected chi connectivity index (χ4v) is 1.23. The van der Waals surface area contributed by atoms with E-state index in [-0.39, 0.29) is 12.4 Å². The molecule has 0 aliphatic rings. The van der Waals surface area contributed by atoms with E-state index in [1.54, 1.807) is 7.05 Å². The van der Waals surface area contributed by atoms with E-state index >= 15 is 0 Å². The summed E-state index contributed by atoms with van der Waals surface area (Å²) in [5.74, 6) is 0.142. The number of anilines is 2. The van der Waals surface area contributed by atoms with Gasteiger partial charge in [0.25, 0.3) is 0 Å². The highest BCUT2D eigenvalue weighted by molar-refractivity contribution is 5.40. The van der Waals surface area contributed by atoms with Crippen LogP contribution in [0.5, 0.6) is 0 Å². The van der Waals surface area contributed by atoms with Crippen molar-refractivity contribution < 1.29 is 9.50 Å². The Hall–Kier alpha value is -1.43. The highest BCUT2D eigenvalue weighted by Crippen LogP contribution is 2.11. The Kier molecular flexibility index (Phi) is 5.49. The fraction of sp³-hybridized carbons (Fsp3) is 0.600. The summed E-state index contributed by atoms with van der Waals surface area (Å²) < 4.78 is 13.2. The summed E-state index contributed by atoms with van der Waals surface area (Å²) >= 11 is 0. The summed E-state index contributed by atoms with van der Waals surface area (Å²) in [6, 6.07) is 0. The zero-order valence-electron chi connectivity index (χ0n) is 9.33. The van der Waals surface area contributed by atoms with Crippen LogP contribution in [0, 0.1) is 5.82 Å². The molecule has 0 radical (unpaired) electrons. The molecule has 0 saturated heterocycles. The first-order chi connectivity index (χ1) is 7.77. The van der Waals surface area contributed by atoms with Gasteiger partial charge in [-0.1, -0.05) is 0 Å². The minimum atomic E-state index is -0.457. The lowest BCUT2D eigenvalue weighted by molar-refractivity contribution is 0.283. The van der Waals surface area contributed by atoms with Crippen LogP contribution in [-0.2, 0) is 0 Å². The Balaban J connectivity index is 2.40. The molecule has 0 saturated carbocycles. The number of unbranched alkanes of at least 4 members (excludes halogenated alkanes) is 2. The molecule has 0 aromatic carbocycles. The van der Waals surface area contributed by atoms with Crippen LogP contribution in [-0.4, -0.2) is 35.3 Å². The maximum absolute atomic E-state index is 13.2. The molecule has 90 valence electrons. The van der Waals surface area contributed by atoms with Crippen molar-refractivity contribution in [1.29, 1.82) is 0 Å². The number of hydrogen-bond donors (Lipinski definition) is 3.